The predicted octanol–water partition coefficient (Wildman–Crippen LogP) is 1.90. The van der Waals surface area contributed by atoms with E-state index < -0.39 is 5.82 Å². The van der Waals surface area contributed by atoms with E-state index in [1.54, 1.807) is 0 Å². The summed E-state index contributed by atoms with van der Waals surface area (Å²) in [7, 11) is 0. The van der Waals surface area contributed by atoms with Crippen molar-refractivity contribution < 1.29 is 19.0 Å². The van der Waals surface area contributed by atoms with Gasteiger partial charge in [0.15, 0.2) is 0 Å². The molecular weight excluding hydrogens is 225 g/mol. The molecule has 0 radical (unpaired) electrons. The second-order valence-electron chi connectivity index (χ2n) is 4.04. The molecule has 0 saturated carbocycles. The monoisotopic (exact) mass is 239 g/mol. The number of hydrogen-bond donors (Lipinski definition) is 2. The highest BCUT2D eigenvalue weighted by Crippen LogP contribution is 2.22. The molecule has 0 atom stereocenters. The first-order chi connectivity index (χ1) is 8.16. The zero-order valence-corrected chi connectivity index (χ0v) is 9.28. The van der Waals surface area contributed by atoms with Gasteiger partial charge in [-0.1, -0.05) is 0 Å². The molecule has 1 aliphatic rings. The lowest BCUT2D eigenvalue weighted by Crippen LogP contribution is -2.28. The second-order valence-corrected chi connectivity index (χ2v) is 4.04. The molecule has 5 heteroatoms. The Morgan fingerprint density at radius 3 is 2.76 bits per heavy atom. The van der Waals surface area contributed by atoms with Crippen LogP contribution in [0.5, 0.6) is 5.75 Å². The van der Waals surface area contributed by atoms with Crippen molar-refractivity contribution in [3.63, 3.8) is 0 Å². The minimum atomic E-state index is -0.634. The Morgan fingerprint density at radius 2 is 2.12 bits per heavy atom. The average Bonchev–Trinajstić information content (AvgIpc) is 2.34. The van der Waals surface area contributed by atoms with Crippen molar-refractivity contribution >= 4 is 11.6 Å². The molecule has 4 nitrogen and oxygen atoms in total. The molecule has 0 aromatic heterocycles. The Bertz CT molecular complexity index is 416. The average molecular weight is 239 g/mol. The van der Waals surface area contributed by atoms with Crippen LogP contribution in [-0.2, 0) is 9.53 Å². The third kappa shape index (κ3) is 2.94. The third-order valence-corrected chi connectivity index (χ3v) is 2.80. The zero-order valence-electron chi connectivity index (χ0n) is 9.28. The number of phenolic OH excluding ortho intramolecular Hbond substituents is 1. The zero-order chi connectivity index (χ0) is 12.3. The first kappa shape index (κ1) is 11.9. The Morgan fingerprint density at radius 1 is 1.41 bits per heavy atom. The maximum atomic E-state index is 13.4. The quantitative estimate of drug-likeness (QED) is 0.775. The van der Waals surface area contributed by atoms with E-state index in [1.165, 1.54) is 12.1 Å². The number of ether oxygens (including phenoxy) is 1. The van der Waals surface area contributed by atoms with Crippen molar-refractivity contribution in [1.29, 1.82) is 0 Å². The smallest absolute Gasteiger partial charge is 0.227 e. The van der Waals surface area contributed by atoms with Crippen molar-refractivity contribution in [2.45, 2.75) is 12.8 Å². The third-order valence-electron chi connectivity index (χ3n) is 2.80. The molecule has 0 bridgehead atoms. The minimum Gasteiger partial charge on any atom is -0.508 e. The van der Waals surface area contributed by atoms with Gasteiger partial charge in [0.25, 0.3) is 0 Å². The van der Waals surface area contributed by atoms with Crippen molar-refractivity contribution in [2.75, 3.05) is 18.5 Å². The van der Waals surface area contributed by atoms with Gasteiger partial charge in [-0.05, 0) is 25.0 Å². The largest absolute Gasteiger partial charge is 0.508 e. The van der Waals surface area contributed by atoms with Crippen LogP contribution in [0.4, 0.5) is 10.1 Å². The van der Waals surface area contributed by atoms with Gasteiger partial charge in [-0.3, -0.25) is 4.79 Å². The molecule has 1 heterocycles. The van der Waals surface area contributed by atoms with E-state index in [4.69, 9.17) is 9.84 Å². The molecule has 1 aromatic carbocycles. The van der Waals surface area contributed by atoms with Crippen LogP contribution >= 0.6 is 0 Å². The number of aromatic hydroxyl groups is 1. The van der Waals surface area contributed by atoms with Crippen molar-refractivity contribution in [3.05, 3.63) is 24.0 Å². The fraction of sp³-hybridized carbons (Fsp3) is 0.417. The van der Waals surface area contributed by atoms with E-state index in [0.29, 0.717) is 26.1 Å². The molecule has 0 unspecified atom stereocenters. The number of hydrogen-bond acceptors (Lipinski definition) is 3. The van der Waals surface area contributed by atoms with Crippen LogP contribution in [0.2, 0.25) is 0 Å². The van der Waals surface area contributed by atoms with Gasteiger partial charge in [-0.2, -0.15) is 0 Å². The molecule has 1 amide bonds. The van der Waals surface area contributed by atoms with Gasteiger partial charge in [0.1, 0.15) is 11.6 Å². The summed E-state index contributed by atoms with van der Waals surface area (Å²) in [5.41, 5.74) is 0.0966. The molecule has 17 heavy (non-hydrogen) atoms. The summed E-state index contributed by atoms with van der Waals surface area (Å²) in [6, 6.07) is 3.66. The normalized spacial score (nSPS) is 16.8. The van der Waals surface area contributed by atoms with Crippen LogP contribution in [0.1, 0.15) is 12.8 Å². The van der Waals surface area contributed by atoms with E-state index in [2.05, 4.69) is 5.32 Å². The topological polar surface area (TPSA) is 58.6 Å². The molecule has 2 N–H and O–H groups in total. The number of phenols is 1. The Kier molecular flexibility index (Phi) is 3.58. The summed E-state index contributed by atoms with van der Waals surface area (Å²) in [5, 5.41) is 11.6. The van der Waals surface area contributed by atoms with Gasteiger partial charge >= 0.3 is 0 Å². The summed E-state index contributed by atoms with van der Waals surface area (Å²) < 4.78 is 18.5. The van der Waals surface area contributed by atoms with Crippen LogP contribution in [0, 0.1) is 11.7 Å². The summed E-state index contributed by atoms with van der Waals surface area (Å²) in [6.45, 7) is 1.13. The Hall–Kier alpha value is -1.62. The van der Waals surface area contributed by atoms with Crippen LogP contribution in [0.25, 0.3) is 0 Å². The van der Waals surface area contributed by atoms with Gasteiger partial charge in [-0.25, -0.2) is 4.39 Å². The van der Waals surface area contributed by atoms with E-state index in [-0.39, 0.29) is 23.3 Å². The lowest BCUT2D eigenvalue weighted by molar-refractivity contribution is -0.122. The molecule has 0 aliphatic carbocycles. The summed E-state index contributed by atoms with van der Waals surface area (Å²) >= 11 is 0. The molecule has 1 saturated heterocycles. The van der Waals surface area contributed by atoms with Crippen LogP contribution in [0.3, 0.4) is 0 Å². The molecular formula is C12H14FNO3. The second kappa shape index (κ2) is 5.14. The Labute approximate surface area is 98.4 Å². The molecule has 2 rings (SSSR count). The highest BCUT2D eigenvalue weighted by Gasteiger charge is 2.22. The summed E-state index contributed by atoms with van der Waals surface area (Å²) in [4.78, 5) is 11.8. The summed E-state index contributed by atoms with van der Waals surface area (Å²) in [6.07, 6.45) is 1.32. The minimum absolute atomic E-state index is 0.0966. The maximum Gasteiger partial charge on any atom is 0.227 e. The van der Waals surface area contributed by atoms with Crippen molar-refractivity contribution in [3.8, 4) is 5.75 Å². The predicted molar refractivity (Wildman–Crippen MR) is 60.2 cm³/mol. The van der Waals surface area contributed by atoms with Crippen LogP contribution in [0.15, 0.2) is 18.2 Å². The summed E-state index contributed by atoms with van der Waals surface area (Å²) in [5.74, 6) is -1.12. The number of amides is 1. The highest BCUT2D eigenvalue weighted by molar-refractivity contribution is 5.92. The Balaban J connectivity index is 2.02. The molecule has 0 spiro atoms. The first-order valence-electron chi connectivity index (χ1n) is 5.54. The number of rotatable bonds is 2. The number of nitrogens with one attached hydrogen (secondary N) is 1. The fourth-order valence-electron chi connectivity index (χ4n) is 1.80. The SMILES string of the molecule is O=C(Nc1ccc(O)cc1F)C1CCOCC1. The lowest BCUT2D eigenvalue weighted by Gasteiger charge is -2.21. The van der Waals surface area contributed by atoms with Gasteiger partial charge in [0.05, 0.1) is 5.69 Å². The van der Waals surface area contributed by atoms with Crippen LogP contribution in [-0.4, -0.2) is 24.2 Å². The van der Waals surface area contributed by atoms with E-state index in [1.807, 2.05) is 0 Å². The number of carbonyl (C=O) groups excluding carboxylic acids is 1. The van der Waals surface area contributed by atoms with E-state index >= 15 is 0 Å². The molecule has 1 fully saturated rings. The molecule has 1 aliphatic heterocycles. The molecule has 1 aromatic rings. The maximum absolute atomic E-state index is 13.4. The highest BCUT2D eigenvalue weighted by atomic mass is 19.1. The number of carbonyl (C=O) groups is 1. The number of benzene rings is 1. The molecule has 92 valence electrons. The van der Waals surface area contributed by atoms with Crippen molar-refractivity contribution in [2.24, 2.45) is 5.92 Å². The first-order valence-corrected chi connectivity index (χ1v) is 5.54. The van der Waals surface area contributed by atoms with Gasteiger partial charge in [-0.15, -0.1) is 0 Å². The standard InChI is InChI=1S/C12H14FNO3/c13-10-7-9(15)1-2-11(10)14-12(16)8-3-5-17-6-4-8/h1-2,7-8,15H,3-6H2,(H,14,16). The number of halogens is 1. The van der Waals surface area contributed by atoms with Gasteiger partial charge in [0.2, 0.25) is 5.91 Å². The van der Waals surface area contributed by atoms with Crippen LogP contribution < -0.4 is 5.32 Å². The number of anilines is 1. The lowest BCUT2D eigenvalue weighted by atomic mass is 9.99. The fourth-order valence-corrected chi connectivity index (χ4v) is 1.80. The van der Waals surface area contributed by atoms with E-state index in [0.717, 1.165) is 6.07 Å². The van der Waals surface area contributed by atoms with Crippen molar-refractivity contribution in [1.82, 2.24) is 0 Å². The van der Waals surface area contributed by atoms with Gasteiger partial charge in [0, 0.05) is 25.2 Å². The van der Waals surface area contributed by atoms with Gasteiger partial charge < -0.3 is 15.2 Å². The van der Waals surface area contributed by atoms with E-state index in [9.17, 15) is 9.18 Å².